The molecule has 17 heavy (non-hydrogen) atoms. The third-order valence-corrected chi connectivity index (χ3v) is 2.48. The summed E-state index contributed by atoms with van der Waals surface area (Å²) in [5.41, 5.74) is 7.41. The third kappa shape index (κ3) is 6.29. The second-order valence-corrected chi connectivity index (χ2v) is 3.91. The second-order valence-electron chi connectivity index (χ2n) is 3.91. The fraction of sp³-hybridized carbons (Fsp3) is 0.462. The molecule has 0 aliphatic heterocycles. The fourth-order valence-corrected chi connectivity index (χ4v) is 1.48. The van der Waals surface area contributed by atoms with Crippen molar-refractivity contribution in [3.63, 3.8) is 0 Å². The highest BCUT2D eigenvalue weighted by Crippen LogP contribution is 2.10. The van der Waals surface area contributed by atoms with E-state index in [-0.39, 0.29) is 18.3 Å². The van der Waals surface area contributed by atoms with Crippen molar-refractivity contribution >= 4 is 24.0 Å². The third-order valence-electron chi connectivity index (χ3n) is 2.48. The zero-order chi connectivity index (χ0) is 11.8. The van der Waals surface area contributed by atoms with Crippen LogP contribution in [0.4, 0.5) is 5.69 Å². The van der Waals surface area contributed by atoms with Crippen LogP contribution < -0.4 is 11.1 Å². The Morgan fingerprint density at radius 1 is 1.24 bits per heavy atom. The lowest BCUT2D eigenvalue weighted by Crippen LogP contribution is -2.11. The summed E-state index contributed by atoms with van der Waals surface area (Å²) in [5, 5.41) is 2.87. The second kappa shape index (κ2) is 9.02. The summed E-state index contributed by atoms with van der Waals surface area (Å²) in [6, 6.07) is 7.64. The molecule has 0 saturated heterocycles. The Kier molecular flexibility index (Phi) is 8.46. The van der Waals surface area contributed by atoms with Crippen LogP contribution in [0.1, 0.15) is 38.2 Å². The molecule has 0 saturated carbocycles. The predicted molar refractivity (Wildman–Crippen MR) is 74.4 cm³/mol. The molecule has 0 aliphatic rings. The summed E-state index contributed by atoms with van der Waals surface area (Å²) in [7, 11) is 0. The number of hydrogen-bond acceptors (Lipinski definition) is 2. The normalized spacial score (nSPS) is 9.53. The van der Waals surface area contributed by atoms with E-state index in [0.29, 0.717) is 13.0 Å². The summed E-state index contributed by atoms with van der Waals surface area (Å²) in [6.45, 7) is 2.66. The first-order valence-electron chi connectivity index (χ1n) is 5.85. The average molecular weight is 257 g/mol. The van der Waals surface area contributed by atoms with Gasteiger partial charge in [0.15, 0.2) is 0 Å². The molecule has 0 aromatic heterocycles. The van der Waals surface area contributed by atoms with Crippen molar-refractivity contribution in [3.8, 4) is 0 Å². The van der Waals surface area contributed by atoms with Crippen molar-refractivity contribution < 1.29 is 4.79 Å². The van der Waals surface area contributed by atoms with Gasteiger partial charge >= 0.3 is 0 Å². The summed E-state index contributed by atoms with van der Waals surface area (Å²) in [5.74, 6) is 0.0916. The molecule has 0 bridgehead atoms. The maximum atomic E-state index is 11.5. The number of rotatable bonds is 6. The zero-order valence-electron chi connectivity index (χ0n) is 10.2. The van der Waals surface area contributed by atoms with Crippen LogP contribution in [0.2, 0.25) is 0 Å². The largest absolute Gasteiger partial charge is 0.326 e. The van der Waals surface area contributed by atoms with Gasteiger partial charge in [0.25, 0.3) is 0 Å². The molecule has 1 amide bonds. The number of carbonyl (C=O) groups is 1. The minimum absolute atomic E-state index is 0. The van der Waals surface area contributed by atoms with E-state index >= 15 is 0 Å². The number of anilines is 1. The summed E-state index contributed by atoms with van der Waals surface area (Å²) < 4.78 is 0. The molecule has 1 aromatic rings. The Labute approximate surface area is 109 Å². The van der Waals surface area contributed by atoms with Crippen LogP contribution in [0.5, 0.6) is 0 Å². The van der Waals surface area contributed by atoms with E-state index in [2.05, 4.69) is 12.2 Å². The molecule has 0 aliphatic carbocycles. The molecule has 3 N–H and O–H groups in total. The summed E-state index contributed by atoms with van der Waals surface area (Å²) in [6.07, 6.45) is 3.81. The smallest absolute Gasteiger partial charge is 0.224 e. The van der Waals surface area contributed by atoms with Gasteiger partial charge in [0.1, 0.15) is 0 Å². The standard InChI is InChI=1S/C13H20N2O.ClH/c1-2-3-4-5-13(16)15-12-8-6-11(10-14)7-9-12;/h6-9H,2-5,10,14H2,1H3,(H,15,16);1H. The molecular formula is C13H21ClN2O. The quantitative estimate of drug-likeness (QED) is 0.769. The Hall–Kier alpha value is -1.06. The Morgan fingerprint density at radius 2 is 1.88 bits per heavy atom. The van der Waals surface area contributed by atoms with Crippen LogP contribution in [0.25, 0.3) is 0 Å². The number of carbonyl (C=O) groups excluding carboxylic acids is 1. The highest BCUT2D eigenvalue weighted by molar-refractivity contribution is 5.90. The number of nitrogens with two attached hydrogens (primary N) is 1. The zero-order valence-corrected chi connectivity index (χ0v) is 11.1. The molecule has 3 nitrogen and oxygen atoms in total. The average Bonchev–Trinajstić information content (AvgIpc) is 2.30. The van der Waals surface area contributed by atoms with Crippen LogP contribution in [-0.4, -0.2) is 5.91 Å². The minimum atomic E-state index is 0. The van der Waals surface area contributed by atoms with Crippen molar-refractivity contribution in [2.75, 3.05) is 5.32 Å². The summed E-state index contributed by atoms with van der Waals surface area (Å²) in [4.78, 5) is 11.5. The highest BCUT2D eigenvalue weighted by Gasteiger charge is 2.01. The van der Waals surface area contributed by atoms with Gasteiger partial charge in [-0.1, -0.05) is 31.9 Å². The first kappa shape index (κ1) is 15.9. The first-order valence-corrected chi connectivity index (χ1v) is 5.85. The van der Waals surface area contributed by atoms with Gasteiger partial charge < -0.3 is 11.1 Å². The van der Waals surface area contributed by atoms with Gasteiger partial charge in [0.05, 0.1) is 0 Å². The van der Waals surface area contributed by atoms with Gasteiger partial charge in [0, 0.05) is 18.7 Å². The molecule has 4 heteroatoms. The number of amides is 1. The van der Waals surface area contributed by atoms with Crippen LogP contribution in [0.15, 0.2) is 24.3 Å². The van der Waals surface area contributed by atoms with Crippen molar-refractivity contribution in [2.24, 2.45) is 5.73 Å². The Bertz CT molecular complexity index is 325. The lowest BCUT2D eigenvalue weighted by molar-refractivity contribution is -0.116. The van der Waals surface area contributed by atoms with Crippen molar-refractivity contribution in [2.45, 2.75) is 39.2 Å². The summed E-state index contributed by atoms with van der Waals surface area (Å²) >= 11 is 0. The number of nitrogens with one attached hydrogen (secondary N) is 1. The Morgan fingerprint density at radius 3 is 2.41 bits per heavy atom. The van der Waals surface area contributed by atoms with Crippen LogP contribution >= 0.6 is 12.4 Å². The van der Waals surface area contributed by atoms with E-state index in [1.54, 1.807) is 0 Å². The molecule has 0 fully saturated rings. The van der Waals surface area contributed by atoms with Gasteiger partial charge in [-0.2, -0.15) is 0 Å². The van der Waals surface area contributed by atoms with Gasteiger partial charge in [-0.15, -0.1) is 12.4 Å². The molecule has 0 radical (unpaired) electrons. The number of unbranched alkanes of at least 4 members (excludes halogenated alkanes) is 2. The van der Waals surface area contributed by atoms with Crippen molar-refractivity contribution in [1.29, 1.82) is 0 Å². The fourth-order valence-electron chi connectivity index (χ4n) is 1.48. The van der Waals surface area contributed by atoms with E-state index in [1.165, 1.54) is 0 Å². The SMILES string of the molecule is CCCCCC(=O)Nc1ccc(CN)cc1.Cl. The number of benzene rings is 1. The number of hydrogen-bond donors (Lipinski definition) is 2. The highest BCUT2D eigenvalue weighted by atomic mass is 35.5. The minimum Gasteiger partial charge on any atom is -0.326 e. The topological polar surface area (TPSA) is 55.1 Å². The molecule has 1 rings (SSSR count). The molecule has 0 heterocycles. The lowest BCUT2D eigenvalue weighted by atomic mass is 10.2. The van der Waals surface area contributed by atoms with Crippen LogP contribution in [0.3, 0.4) is 0 Å². The van der Waals surface area contributed by atoms with E-state index in [4.69, 9.17) is 5.73 Å². The number of halogens is 1. The molecule has 0 spiro atoms. The van der Waals surface area contributed by atoms with Gasteiger partial charge in [-0.25, -0.2) is 0 Å². The van der Waals surface area contributed by atoms with Gasteiger partial charge in [0.2, 0.25) is 5.91 Å². The van der Waals surface area contributed by atoms with Crippen LogP contribution in [0, 0.1) is 0 Å². The maximum absolute atomic E-state index is 11.5. The van der Waals surface area contributed by atoms with Crippen molar-refractivity contribution in [1.82, 2.24) is 0 Å². The molecular weight excluding hydrogens is 236 g/mol. The van der Waals surface area contributed by atoms with Gasteiger partial charge in [-0.05, 0) is 24.1 Å². The molecule has 0 unspecified atom stereocenters. The lowest BCUT2D eigenvalue weighted by Gasteiger charge is -2.05. The monoisotopic (exact) mass is 256 g/mol. The molecule has 96 valence electrons. The van der Waals surface area contributed by atoms with E-state index in [0.717, 1.165) is 30.5 Å². The van der Waals surface area contributed by atoms with Gasteiger partial charge in [-0.3, -0.25) is 4.79 Å². The van der Waals surface area contributed by atoms with E-state index in [1.807, 2.05) is 24.3 Å². The first-order chi connectivity index (χ1) is 7.76. The van der Waals surface area contributed by atoms with Crippen molar-refractivity contribution in [3.05, 3.63) is 29.8 Å². The predicted octanol–water partition coefficient (Wildman–Crippen LogP) is 3.09. The van der Waals surface area contributed by atoms with E-state index in [9.17, 15) is 4.79 Å². The Balaban J connectivity index is 0.00000256. The van der Waals surface area contributed by atoms with Crippen LogP contribution in [-0.2, 0) is 11.3 Å². The van der Waals surface area contributed by atoms with E-state index < -0.39 is 0 Å². The maximum Gasteiger partial charge on any atom is 0.224 e. The molecule has 0 atom stereocenters. The molecule has 1 aromatic carbocycles.